The quantitative estimate of drug-likeness (QED) is 0.592. The maximum absolute atomic E-state index is 13.2. The monoisotopic (exact) mass is 496 g/mol. The van der Waals surface area contributed by atoms with Crippen LogP contribution in [0.3, 0.4) is 0 Å². The van der Waals surface area contributed by atoms with Crippen LogP contribution in [0.4, 0.5) is 5.69 Å². The number of hydrogen-bond donors (Lipinski definition) is 1. The van der Waals surface area contributed by atoms with Crippen LogP contribution < -0.4 is 5.32 Å². The Morgan fingerprint density at radius 3 is 2.68 bits per heavy atom. The van der Waals surface area contributed by atoms with Crippen LogP contribution in [0.25, 0.3) is 0 Å². The lowest BCUT2D eigenvalue weighted by atomic mass is 10.0. The molecule has 2 saturated heterocycles. The first-order valence-corrected chi connectivity index (χ1v) is 14.2. The number of thioether (sulfide) groups is 2. The highest BCUT2D eigenvalue weighted by Crippen LogP contribution is 2.45. The van der Waals surface area contributed by atoms with Crippen LogP contribution in [-0.2, 0) is 10.0 Å². The van der Waals surface area contributed by atoms with Crippen LogP contribution in [0.5, 0.6) is 0 Å². The predicted molar refractivity (Wildman–Crippen MR) is 131 cm³/mol. The lowest BCUT2D eigenvalue weighted by Crippen LogP contribution is -2.39. The number of anilines is 1. The van der Waals surface area contributed by atoms with Gasteiger partial charge in [-0.2, -0.15) is 4.31 Å². The van der Waals surface area contributed by atoms with Crippen molar-refractivity contribution in [1.82, 2.24) is 4.31 Å². The van der Waals surface area contributed by atoms with Crippen LogP contribution in [0.2, 0.25) is 5.02 Å². The fraction of sp³-hybridized carbons (Fsp3) is 0.409. The highest BCUT2D eigenvalue weighted by Gasteiger charge is 2.31. The molecule has 2 aliphatic rings. The van der Waals surface area contributed by atoms with E-state index in [2.05, 4.69) is 11.4 Å². The molecule has 5 nitrogen and oxygen atoms in total. The zero-order chi connectivity index (χ0) is 22.0. The summed E-state index contributed by atoms with van der Waals surface area (Å²) in [6.07, 6.45) is 1.84. The SMILES string of the molecule is CC1CCCN(S(=O)(=O)c2cc(C(=O)Nc3cccc(C4SCCS4)c3)ccc2Cl)C1. The fourth-order valence-corrected chi connectivity index (χ4v) is 8.80. The van der Waals surface area contributed by atoms with Crippen molar-refractivity contribution in [1.29, 1.82) is 0 Å². The van der Waals surface area contributed by atoms with Gasteiger partial charge in [-0.1, -0.05) is 30.7 Å². The number of amides is 1. The Balaban J connectivity index is 1.55. The smallest absolute Gasteiger partial charge is 0.255 e. The van der Waals surface area contributed by atoms with E-state index < -0.39 is 10.0 Å². The summed E-state index contributed by atoms with van der Waals surface area (Å²) in [6, 6.07) is 12.3. The van der Waals surface area contributed by atoms with E-state index in [1.807, 2.05) is 48.6 Å². The normalized spacial score (nSPS) is 20.6. The van der Waals surface area contributed by atoms with E-state index in [1.165, 1.54) is 22.0 Å². The molecule has 0 aromatic heterocycles. The second-order valence-electron chi connectivity index (χ2n) is 7.91. The molecule has 2 aromatic rings. The lowest BCUT2D eigenvalue weighted by molar-refractivity contribution is 0.102. The Hall–Kier alpha value is -1.19. The van der Waals surface area contributed by atoms with E-state index in [0.717, 1.165) is 24.3 Å². The molecule has 0 radical (unpaired) electrons. The number of piperidine rings is 1. The van der Waals surface area contributed by atoms with Gasteiger partial charge in [0.2, 0.25) is 10.0 Å². The van der Waals surface area contributed by atoms with Gasteiger partial charge in [-0.25, -0.2) is 8.42 Å². The number of carbonyl (C=O) groups excluding carboxylic acids is 1. The number of halogens is 1. The standard InChI is InChI=1S/C22H25ClN2O3S3/c1-15-4-3-9-25(14-15)31(27,28)20-13-16(7-8-19(20)23)21(26)24-18-6-2-5-17(12-18)22-29-10-11-30-22/h2,5-8,12-13,15,22H,3-4,9-11,14H2,1H3,(H,24,26). The summed E-state index contributed by atoms with van der Waals surface area (Å²) in [5.74, 6) is 2.20. The number of hydrogen-bond acceptors (Lipinski definition) is 5. The first-order chi connectivity index (χ1) is 14.8. The molecule has 0 aliphatic carbocycles. The average Bonchev–Trinajstić information content (AvgIpc) is 3.29. The summed E-state index contributed by atoms with van der Waals surface area (Å²) < 4.78 is 28.2. The Morgan fingerprint density at radius 1 is 1.16 bits per heavy atom. The molecule has 4 rings (SSSR count). The van der Waals surface area contributed by atoms with Crippen molar-refractivity contribution in [2.45, 2.75) is 29.2 Å². The average molecular weight is 497 g/mol. The maximum Gasteiger partial charge on any atom is 0.255 e. The third-order valence-electron chi connectivity index (χ3n) is 5.47. The Labute approximate surface area is 197 Å². The van der Waals surface area contributed by atoms with Gasteiger partial charge >= 0.3 is 0 Å². The zero-order valence-corrected chi connectivity index (χ0v) is 20.4. The zero-order valence-electron chi connectivity index (χ0n) is 17.2. The second kappa shape index (κ2) is 9.75. The molecular formula is C22H25ClN2O3S3. The van der Waals surface area contributed by atoms with E-state index in [9.17, 15) is 13.2 Å². The Morgan fingerprint density at radius 2 is 1.94 bits per heavy atom. The fourth-order valence-electron chi connectivity index (χ4n) is 3.86. The molecule has 1 unspecified atom stereocenters. The van der Waals surface area contributed by atoms with Crippen molar-refractivity contribution in [3.63, 3.8) is 0 Å². The van der Waals surface area contributed by atoms with Gasteiger partial charge in [0.15, 0.2) is 0 Å². The summed E-state index contributed by atoms with van der Waals surface area (Å²) in [6.45, 7) is 2.99. The molecular weight excluding hydrogens is 472 g/mol. The number of rotatable bonds is 5. The molecule has 9 heteroatoms. The van der Waals surface area contributed by atoms with Crippen LogP contribution in [-0.4, -0.2) is 43.2 Å². The maximum atomic E-state index is 13.2. The van der Waals surface area contributed by atoms with Crippen molar-refractivity contribution in [2.24, 2.45) is 5.92 Å². The van der Waals surface area contributed by atoms with Gasteiger partial charge in [-0.05, 0) is 54.7 Å². The lowest BCUT2D eigenvalue weighted by Gasteiger charge is -2.30. The minimum Gasteiger partial charge on any atom is -0.322 e. The predicted octanol–water partition coefficient (Wildman–Crippen LogP) is 5.49. The van der Waals surface area contributed by atoms with E-state index >= 15 is 0 Å². The third-order valence-corrected chi connectivity index (χ3v) is 10.9. The molecule has 31 heavy (non-hydrogen) atoms. The highest BCUT2D eigenvalue weighted by molar-refractivity contribution is 8.19. The second-order valence-corrected chi connectivity index (χ2v) is 12.9. The summed E-state index contributed by atoms with van der Waals surface area (Å²) in [4.78, 5) is 12.9. The van der Waals surface area contributed by atoms with Gasteiger partial charge in [-0.15, -0.1) is 23.5 Å². The molecule has 166 valence electrons. The van der Waals surface area contributed by atoms with E-state index in [1.54, 1.807) is 6.07 Å². The summed E-state index contributed by atoms with van der Waals surface area (Å²) in [7, 11) is -3.76. The molecule has 2 aromatic carbocycles. The van der Waals surface area contributed by atoms with E-state index in [0.29, 0.717) is 29.3 Å². The first kappa shape index (κ1) is 23.0. The molecule has 1 N–H and O–H groups in total. The van der Waals surface area contributed by atoms with Crippen LogP contribution >= 0.6 is 35.1 Å². The van der Waals surface area contributed by atoms with Crippen molar-refractivity contribution >= 4 is 56.7 Å². The van der Waals surface area contributed by atoms with Crippen molar-refractivity contribution in [3.8, 4) is 0 Å². The third kappa shape index (κ3) is 5.25. The Kier molecular flexibility index (Phi) is 7.23. The van der Waals surface area contributed by atoms with Crippen molar-refractivity contribution < 1.29 is 13.2 Å². The minimum absolute atomic E-state index is 0.0107. The molecule has 1 amide bonds. The molecule has 0 spiro atoms. The number of benzene rings is 2. The van der Waals surface area contributed by atoms with E-state index in [-0.39, 0.29) is 21.4 Å². The van der Waals surface area contributed by atoms with Gasteiger partial charge in [0.1, 0.15) is 4.90 Å². The van der Waals surface area contributed by atoms with Crippen LogP contribution in [0, 0.1) is 5.92 Å². The molecule has 2 heterocycles. The number of sulfonamides is 1. The molecule has 1 atom stereocenters. The molecule has 0 bridgehead atoms. The first-order valence-electron chi connectivity index (χ1n) is 10.3. The van der Waals surface area contributed by atoms with Crippen molar-refractivity contribution in [3.05, 3.63) is 58.6 Å². The van der Waals surface area contributed by atoms with Gasteiger partial charge in [0.05, 0.1) is 9.60 Å². The van der Waals surface area contributed by atoms with Crippen LogP contribution in [0.15, 0.2) is 47.4 Å². The number of carbonyl (C=O) groups is 1. The van der Waals surface area contributed by atoms with Gasteiger partial charge in [0.25, 0.3) is 5.91 Å². The highest BCUT2D eigenvalue weighted by atomic mass is 35.5. The largest absolute Gasteiger partial charge is 0.322 e. The van der Waals surface area contributed by atoms with Gasteiger partial charge < -0.3 is 5.32 Å². The summed E-state index contributed by atoms with van der Waals surface area (Å²) >= 11 is 10.1. The minimum atomic E-state index is -3.76. The Bertz CT molecular complexity index is 1070. The molecule has 2 fully saturated rings. The van der Waals surface area contributed by atoms with Crippen molar-refractivity contribution in [2.75, 3.05) is 29.9 Å². The van der Waals surface area contributed by atoms with E-state index in [4.69, 9.17) is 11.6 Å². The number of nitrogens with one attached hydrogen (secondary N) is 1. The van der Waals surface area contributed by atoms with Crippen LogP contribution in [0.1, 0.15) is 40.3 Å². The number of nitrogens with zero attached hydrogens (tertiary/aromatic N) is 1. The van der Waals surface area contributed by atoms with Gasteiger partial charge in [-0.3, -0.25) is 4.79 Å². The molecule has 2 aliphatic heterocycles. The van der Waals surface area contributed by atoms with Gasteiger partial charge in [0, 0.05) is 35.8 Å². The summed E-state index contributed by atoms with van der Waals surface area (Å²) in [5.41, 5.74) is 2.13. The molecule has 0 saturated carbocycles. The topological polar surface area (TPSA) is 66.5 Å². The summed E-state index contributed by atoms with van der Waals surface area (Å²) in [5, 5.41) is 3.03.